The molecule has 1 aromatic heterocycles. The number of hydrogen-bond acceptors (Lipinski definition) is 3. The van der Waals surface area contributed by atoms with Gasteiger partial charge in [0.2, 0.25) is 0 Å². The number of aryl methyl sites for hydroxylation is 1. The zero-order chi connectivity index (χ0) is 12.3. The van der Waals surface area contributed by atoms with Gasteiger partial charge in [-0.2, -0.15) is 0 Å². The molecule has 0 spiro atoms. The Labute approximate surface area is 106 Å². The van der Waals surface area contributed by atoms with Crippen molar-refractivity contribution in [2.24, 2.45) is 0 Å². The van der Waals surface area contributed by atoms with E-state index in [9.17, 15) is 0 Å². The van der Waals surface area contributed by atoms with Gasteiger partial charge in [-0.3, -0.25) is 0 Å². The minimum atomic E-state index is 0.826. The van der Waals surface area contributed by atoms with Gasteiger partial charge < -0.3 is 4.74 Å². The van der Waals surface area contributed by atoms with Crippen molar-refractivity contribution in [3.05, 3.63) is 52.3 Å². The van der Waals surface area contributed by atoms with Gasteiger partial charge in [-0.15, -0.1) is 11.3 Å². The average Bonchev–Trinajstić information content (AvgIpc) is 2.70. The van der Waals surface area contributed by atoms with Gasteiger partial charge in [0, 0.05) is 11.3 Å². The van der Waals surface area contributed by atoms with E-state index in [1.807, 2.05) is 12.1 Å². The van der Waals surface area contributed by atoms with Gasteiger partial charge in [-0.1, -0.05) is 12.1 Å². The van der Waals surface area contributed by atoms with E-state index in [4.69, 9.17) is 4.74 Å². The van der Waals surface area contributed by atoms with Crippen LogP contribution < -0.4 is 4.74 Å². The summed E-state index contributed by atoms with van der Waals surface area (Å²) in [4.78, 5) is 5.85. The Bertz CT molecular complexity index is 487. The Morgan fingerprint density at radius 1 is 1.29 bits per heavy atom. The summed E-state index contributed by atoms with van der Waals surface area (Å²) in [7, 11) is 1.68. The van der Waals surface area contributed by atoms with Gasteiger partial charge in [0.15, 0.2) is 0 Å². The highest BCUT2D eigenvalue weighted by molar-refractivity contribution is 7.11. The molecule has 0 aliphatic carbocycles. The van der Waals surface area contributed by atoms with E-state index >= 15 is 0 Å². The highest BCUT2D eigenvalue weighted by Crippen LogP contribution is 2.22. The average molecular weight is 246 g/mol. The van der Waals surface area contributed by atoms with E-state index in [1.165, 1.54) is 10.4 Å². The zero-order valence-corrected chi connectivity index (χ0v) is 11.0. The van der Waals surface area contributed by atoms with Crippen LogP contribution in [0.4, 0.5) is 0 Å². The maximum atomic E-state index is 5.14. The fraction of sp³-hybridized carbons (Fsp3) is 0.286. The fourth-order valence-electron chi connectivity index (χ4n) is 1.71. The molecule has 0 saturated carbocycles. The van der Waals surface area contributed by atoms with Crippen molar-refractivity contribution in [1.29, 1.82) is 0 Å². The molecule has 0 saturated heterocycles. The number of methoxy groups -OCH3 is 1. The second-order valence-electron chi connectivity index (χ2n) is 3.89. The van der Waals surface area contributed by atoms with Gasteiger partial charge in [0.05, 0.1) is 17.8 Å². The largest absolute Gasteiger partial charge is 0.497 e. The molecule has 2 nitrogen and oxygen atoms in total. The standard InChI is InChI=1S/C14H16NOS/c1-4-13-10(2)15-14(17-13)9-11-5-7-12(16-3)8-6-11/h5-8H,1,4,9H2,2-3H3. The Hall–Kier alpha value is -1.35. The number of ether oxygens (including phenoxy) is 1. The van der Waals surface area contributed by atoms with Crippen LogP contribution >= 0.6 is 11.3 Å². The predicted molar refractivity (Wildman–Crippen MR) is 71.7 cm³/mol. The molecule has 2 aromatic rings. The summed E-state index contributed by atoms with van der Waals surface area (Å²) >= 11 is 1.76. The van der Waals surface area contributed by atoms with Gasteiger partial charge in [0.25, 0.3) is 0 Å². The number of rotatable bonds is 4. The molecule has 0 amide bonds. The van der Waals surface area contributed by atoms with Gasteiger partial charge in [-0.25, -0.2) is 4.98 Å². The molecule has 0 N–H and O–H groups in total. The fourth-order valence-corrected chi connectivity index (χ4v) is 2.72. The van der Waals surface area contributed by atoms with Crippen LogP contribution in [0.5, 0.6) is 5.75 Å². The lowest BCUT2D eigenvalue weighted by atomic mass is 10.1. The topological polar surface area (TPSA) is 22.1 Å². The summed E-state index contributed by atoms with van der Waals surface area (Å²) in [6, 6.07) is 8.13. The van der Waals surface area contributed by atoms with Crippen molar-refractivity contribution >= 4 is 11.3 Å². The molecule has 3 heteroatoms. The van der Waals surface area contributed by atoms with E-state index in [1.54, 1.807) is 18.4 Å². The van der Waals surface area contributed by atoms with Crippen LogP contribution in [0.3, 0.4) is 0 Å². The van der Waals surface area contributed by atoms with Gasteiger partial charge >= 0.3 is 0 Å². The highest BCUT2D eigenvalue weighted by Gasteiger charge is 2.06. The lowest BCUT2D eigenvalue weighted by molar-refractivity contribution is 0.414. The molecule has 1 heterocycles. The van der Waals surface area contributed by atoms with Crippen molar-refractivity contribution in [2.45, 2.75) is 19.8 Å². The number of aromatic nitrogens is 1. The number of hydrogen-bond donors (Lipinski definition) is 0. The number of thiazole rings is 1. The van der Waals surface area contributed by atoms with Gasteiger partial charge in [-0.05, 0) is 38.0 Å². The Kier molecular flexibility index (Phi) is 3.79. The molecule has 0 aliphatic rings. The van der Waals surface area contributed by atoms with E-state index < -0.39 is 0 Å². The third-order valence-corrected chi connectivity index (χ3v) is 3.90. The number of benzene rings is 1. The molecule has 1 radical (unpaired) electrons. The van der Waals surface area contributed by atoms with Crippen molar-refractivity contribution in [2.75, 3.05) is 7.11 Å². The summed E-state index contributed by atoms with van der Waals surface area (Å²) in [5.41, 5.74) is 2.38. The van der Waals surface area contributed by atoms with Crippen LogP contribution in [-0.4, -0.2) is 12.1 Å². The summed E-state index contributed by atoms with van der Waals surface area (Å²) in [5.74, 6) is 0.891. The number of nitrogens with zero attached hydrogens (tertiary/aromatic N) is 1. The second-order valence-corrected chi connectivity index (χ2v) is 5.06. The van der Waals surface area contributed by atoms with Gasteiger partial charge in [0.1, 0.15) is 5.75 Å². The van der Waals surface area contributed by atoms with E-state index in [2.05, 4.69) is 31.0 Å². The minimum absolute atomic E-state index is 0.826. The quantitative estimate of drug-likeness (QED) is 0.824. The summed E-state index contributed by atoms with van der Waals surface area (Å²) in [6.07, 6.45) is 1.71. The normalized spacial score (nSPS) is 10.5. The second kappa shape index (κ2) is 5.32. The first kappa shape index (κ1) is 12.1. The summed E-state index contributed by atoms with van der Waals surface area (Å²) < 4.78 is 5.14. The first-order chi connectivity index (χ1) is 8.22. The highest BCUT2D eigenvalue weighted by atomic mass is 32.1. The molecule has 0 aliphatic heterocycles. The molecule has 2 rings (SSSR count). The van der Waals surface area contributed by atoms with Crippen molar-refractivity contribution in [3.8, 4) is 5.75 Å². The van der Waals surface area contributed by atoms with E-state index in [-0.39, 0.29) is 0 Å². The first-order valence-electron chi connectivity index (χ1n) is 5.60. The molecule has 89 valence electrons. The zero-order valence-electron chi connectivity index (χ0n) is 10.2. The molecule has 17 heavy (non-hydrogen) atoms. The third-order valence-electron chi connectivity index (χ3n) is 2.68. The van der Waals surface area contributed by atoms with Crippen molar-refractivity contribution in [3.63, 3.8) is 0 Å². The van der Waals surface area contributed by atoms with E-state index in [0.29, 0.717) is 0 Å². The van der Waals surface area contributed by atoms with Crippen LogP contribution in [0.2, 0.25) is 0 Å². The first-order valence-corrected chi connectivity index (χ1v) is 6.42. The summed E-state index contributed by atoms with van der Waals surface area (Å²) in [6.45, 7) is 5.96. The van der Waals surface area contributed by atoms with Crippen LogP contribution in [0, 0.1) is 13.8 Å². The smallest absolute Gasteiger partial charge is 0.118 e. The van der Waals surface area contributed by atoms with Crippen LogP contribution in [0.15, 0.2) is 24.3 Å². The SMILES string of the molecule is [CH2]Cc1sc(Cc2ccc(OC)cc2)nc1C. The molecule has 1 aromatic carbocycles. The van der Waals surface area contributed by atoms with Crippen LogP contribution in [0.1, 0.15) is 21.1 Å². The summed E-state index contributed by atoms with van der Waals surface area (Å²) in [5, 5.41) is 1.16. The molecule has 0 unspecified atom stereocenters. The monoisotopic (exact) mass is 246 g/mol. The van der Waals surface area contributed by atoms with Crippen LogP contribution in [-0.2, 0) is 12.8 Å². The van der Waals surface area contributed by atoms with E-state index in [0.717, 1.165) is 29.3 Å². The maximum Gasteiger partial charge on any atom is 0.118 e. The van der Waals surface area contributed by atoms with Crippen LogP contribution in [0.25, 0.3) is 0 Å². The molecule has 0 bridgehead atoms. The minimum Gasteiger partial charge on any atom is -0.497 e. The lowest BCUT2D eigenvalue weighted by Crippen LogP contribution is -1.88. The Balaban J connectivity index is 2.13. The maximum absolute atomic E-state index is 5.14. The third kappa shape index (κ3) is 2.86. The van der Waals surface area contributed by atoms with Crippen molar-refractivity contribution < 1.29 is 4.74 Å². The lowest BCUT2D eigenvalue weighted by Gasteiger charge is -2.01. The molecular formula is C14H16NOS. The Morgan fingerprint density at radius 3 is 2.53 bits per heavy atom. The Morgan fingerprint density at radius 2 is 2.00 bits per heavy atom. The predicted octanol–water partition coefficient (Wildman–Crippen LogP) is 3.43. The molecule has 0 fully saturated rings. The molecular weight excluding hydrogens is 230 g/mol. The van der Waals surface area contributed by atoms with Crippen molar-refractivity contribution in [1.82, 2.24) is 4.98 Å². The molecule has 0 atom stereocenters.